The van der Waals surface area contributed by atoms with Gasteiger partial charge in [-0.1, -0.05) is 12.1 Å². The third kappa shape index (κ3) is 2.13. The van der Waals surface area contributed by atoms with Gasteiger partial charge in [0, 0.05) is 12.6 Å². The molecule has 0 fully saturated rings. The van der Waals surface area contributed by atoms with Gasteiger partial charge in [-0.15, -0.1) is 0 Å². The summed E-state index contributed by atoms with van der Waals surface area (Å²) in [5.41, 5.74) is 0.584. The van der Waals surface area contributed by atoms with Crippen molar-refractivity contribution in [1.29, 1.82) is 0 Å². The van der Waals surface area contributed by atoms with Crippen molar-refractivity contribution < 1.29 is 14.2 Å². The van der Waals surface area contributed by atoms with Crippen LogP contribution in [0, 0.1) is 5.82 Å². The van der Waals surface area contributed by atoms with Crippen molar-refractivity contribution in [3.63, 3.8) is 0 Å². The second-order valence-corrected chi connectivity index (χ2v) is 4.62. The number of methoxy groups -OCH3 is 1. The molecule has 1 N–H and O–H groups in total. The summed E-state index contributed by atoms with van der Waals surface area (Å²) < 4.78 is 20.8. The van der Waals surface area contributed by atoms with Crippen molar-refractivity contribution >= 4 is 15.9 Å². The summed E-state index contributed by atoms with van der Waals surface area (Å²) >= 11 is 3.09. The van der Waals surface area contributed by atoms with Crippen LogP contribution in [0.25, 0.3) is 0 Å². The lowest BCUT2D eigenvalue weighted by molar-refractivity contribution is 0.199. The van der Waals surface area contributed by atoms with Crippen molar-refractivity contribution in [2.75, 3.05) is 7.11 Å². The van der Waals surface area contributed by atoms with Crippen LogP contribution >= 0.6 is 15.9 Å². The number of aromatic nitrogens is 2. The predicted molar refractivity (Wildman–Crippen MR) is 67.9 cm³/mol. The number of halogens is 2. The Morgan fingerprint density at radius 1 is 1.50 bits per heavy atom. The first-order valence-corrected chi connectivity index (χ1v) is 6.03. The summed E-state index contributed by atoms with van der Waals surface area (Å²) in [6.07, 6.45) is 0.346. The van der Waals surface area contributed by atoms with Crippen molar-refractivity contribution in [3.8, 4) is 5.75 Å². The molecule has 4 nitrogen and oxygen atoms in total. The summed E-state index contributed by atoms with van der Waals surface area (Å²) in [6, 6.07) is 4.76. The summed E-state index contributed by atoms with van der Waals surface area (Å²) in [7, 11) is 3.14. The van der Waals surface area contributed by atoms with Gasteiger partial charge in [0.25, 0.3) is 0 Å². The molecule has 0 aliphatic rings. The Kier molecular flexibility index (Phi) is 3.68. The van der Waals surface area contributed by atoms with E-state index in [0.717, 1.165) is 0 Å². The molecule has 0 aliphatic carbocycles. The molecule has 2 rings (SSSR count). The number of aliphatic hydroxyl groups excluding tert-OH is 1. The Hall–Kier alpha value is -1.40. The normalized spacial score (nSPS) is 12.5. The number of hydrogen-bond acceptors (Lipinski definition) is 3. The van der Waals surface area contributed by atoms with E-state index in [9.17, 15) is 9.50 Å². The summed E-state index contributed by atoms with van der Waals surface area (Å²) in [5.74, 6) is -0.0716. The van der Waals surface area contributed by atoms with Gasteiger partial charge in [-0.2, -0.15) is 5.10 Å². The van der Waals surface area contributed by atoms with Crippen LogP contribution in [0.15, 0.2) is 28.9 Å². The van der Waals surface area contributed by atoms with Gasteiger partial charge in [0.15, 0.2) is 5.75 Å². The fourth-order valence-corrected chi connectivity index (χ4v) is 2.16. The minimum Gasteiger partial charge on any atom is -0.493 e. The first kappa shape index (κ1) is 13.0. The molecule has 0 bridgehead atoms. The minimum absolute atomic E-state index is 0.172. The highest BCUT2D eigenvalue weighted by atomic mass is 79.9. The van der Waals surface area contributed by atoms with Crippen molar-refractivity contribution in [2.24, 2.45) is 7.05 Å². The van der Waals surface area contributed by atoms with E-state index in [-0.39, 0.29) is 5.56 Å². The molecule has 6 heteroatoms. The van der Waals surface area contributed by atoms with Crippen LogP contribution in [0.2, 0.25) is 0 Å². The molecule has 1 aromatic heterocycles. The van der Waals surface area contributed by atoms with Crippen molar-refractivity contribution in [3.05, 3.63) is 45.9 Å². The van der Waals surface area contributed by atoms with Crippen molar-refractivity contribution in [1.82, 2.24) is 9.78 Å². The van der Waals surface area contributed by atoms with Gasteiger partial charge < -0.3 is 9.84 Å². The zero-order valence-electron chi connectivity index (χ0n) is 9.89. The molecule has 0 amide bonds. The number of hydrogen-bond donors (Lipinski definition) is 1. The fourth-order valence-electron chi connectivity index (χ4n) is 1.77. The maximum absolute atomic E-state index is 13.9. The Bertz CT molecular complexity index is 571. The quantitative estimate of drug-likeness (QED) is 0.946. The van der Waals surface area contributed by atoms with Crippen LogP contribution in [0.5, 0.6) is 5.75 Å². The lowest BCUT2D eigenvalue weighted by Gasteiger charge is -2.14. The van der Waals surface area contributed by atoms with Crippen LogP contribution in [0.1, 0.15) is 17.4 Å². The lowest BCUT2D eigenvalue weighted by Crippen LogP contribution is -2.09. The molecular formula is C12H12BrFN2O2. The first-order valence-electron chi connectivity index (χ1n) is 5.24. The molecule has 96 valence electrons. The summed E-state index contributed by atoms with van der Waals surface area (Å²) in [5, 5.41) is 14.3. The Morgan fingerprint density at radius 2 is 2.22 bits per heavy atom. The van der Waals surface area contributed by atoms with Gasteiger partial charge >= 0.3 is 0 Å². The van der Waals surface area contributed by atoms with E-state index in [1.807, 2.05) is 0 Å². The first-order chi connectivity index (χ1) is 8.56. The topological polar surface area (TPSA) is 47.3 Å². The van der Waals surface area contributed by atoms with Crippen molar-refractivity contribution in [2.45, 2.75) is 6.10 Å². The van der Waals surface area contributed by atoms with Crippen LogP contribution in [0.3, 0.4) is 0 Å². The Morgan fingerprint density at radius 3 is 2.89 bits per heavy atom. The summed E-state index contributed by atoms with van der Waals surface area (Å²) in [6.45, 7) is 0. The average molecular weight is 315 g/mol. The van der Waals surface area contributed by atoms with Gasteiger partial charge in [0.1, 0.15) is 17.6 Å². The Labute approximate surface area is 112 Å². The molecule has 0 saturated heterocycles. The molecule has 2 aromatic rings. The van der Waals surface area contributed by atoms with Crippen LogP contribution in [-0.4, -0.2) is 22.0 Å². The molecule has 0 spiro atoms. The van der Waals surface area contributed by atoms with E-state index in [0.29, 0.717) is 15.9 Å². The van der Waals surface area contributed by atoms with Gasteiger partial charge in [-0.25, -0.2) is 4.39 Å². The Balaban J connectivity index is 2.51. The molecule has 18 heavy (non-hydrogen) atoms. The maximum Gasteiger partial charge on any atom is 0.162 e. The number of aryl methyl sites for hydroxylation is 1. The zero-order chi connectivity index (χ0) is 13.3. The smallest absolute Gasteiger partial charge is 0.162 e. The third-order valence-electron chi connectivity index (χ3n) is 2.70. The van der Waals surface area contributed by atoms with Crippen LogP contribution in [0.4, 0.5) is 4.39 Å². The number of benzene rings is 1. The van der Waals surface area contributed by atoms with Gasteiger partial charge in [0.05, 0.1) is 17.8 Å². The highest BCUT2D eigenvalue weighted by molar-refractivity contribution is 9.10. The van der Waals surface area contributed by atoms with Gasteiger partial charge in [-0.3, -0.25) is 4.68 Å². The second-order valence-electron chi connectivity index (χ2n) is 3.77. The molecule has 1 unspecified atom stereocenters. The molecule has 1 atom stereocenters. The molecular weight excluding hydrogens is 303 g/mol. The summed E-state index contributed by atoms with van der Waals surface area (Å²) in [4.78, 5) is 0. The number of ether oxygens (including phenoxy) is 1. The standard InChI is InChI=1S/C12H12BrFN2O2/c1-16-11(9(18-2)6-15-16)12(17)7-4-3-5-8(13)10(7)14/h3-6,12,17H,1-2H3. The third-order valence-corrected chi connectivity index (χ3v) is 3.32. The number of nitrogens with zero attached hydrogens (tertiary/aromatic N) is 2. The predicted octanol–water partition coefficient (Wildman–Crippen LogP) is 2.41. The molecule has 0 radical (unpaired) electrons. The second kappa shape index (κ2) is 5.07. The van der Waals surface area contributed by atoms with E-state index in [1.54, 1.807) is 19.2 Å². The molecule has 1 heterocycles. The minimum atomic E-state index is -1.13. The molecule has 0 aliphatic heterocycles. The average Bonchev–Trinajstić information content (AvgIpc) is 2.73. The highest BCUT2D eigenvalue weighted by Crippen LogP contribution is 2.32. The van der Waals surface area contributed by atoms with E-state index in [4.69, 9.17) is 4.74 Å². The maximum atomic E-state index is 13.9. The fraction of sp³-hybridized carbons (Fsp3) is 0.250. The molecule has 0 saturated carbocycles. The van der Waals surface area contributed by atoms with Gasteiger partial charge in [-0.05, 0) is 22.0 Å². The molecule has 1 aromatic carbocycles. The monoisotopic (exact) mass is 314 g/mol. The number of aliphatic hydroxyl groups is 1. The van der Waals surface area contributed by atoms with E-state index in [1.165, 1.54) is 24.1 Å². The largest absolute Gasteiger partial charge is 0.493 e. The highest BCUT2D eigenvalue weighted by Gasteiger charge is 2.23. The van der Waals surface area contributed by atoms with E-state index in [2.05, 4.69) is 21.0 Å². The van der Waals surface area contributed by atoms with E-state index >= 15 is 0 Å². The van der Waals surface area contributed by atoms with E-state index < -0.39 is 11.9 Å². The zero-order valence-corrected chi connectivity index (χ0v) is 11.5. The van der Waals surface area contributed by atoms with Crippen LogP contribution in [-0.2, 0) is 7.05 Å². The lowest BCUT2D eigenvalue weighted by atomic mass is 10.1. The van der Waals surface area contributed by atoms with Gasteiger partial charge in [0.2, 0.25) is 0 Å². The van der Waals surface area contributed by atoms with Crippen LogP contribution < -0.4 is 4.74 Å². The number of rotatable bonds is 3. The SMILES string of the molecule is COc1cnn(C)c1C(O)c1cccc(Br)c1F.